The Morgan fingerprint density at radius 1 is 1.18 bits per heavy atom. The second-order valence-electron chi connectivity index (χ2n) is 6.55. The number of nitrogens with zero attached hydrogens (tertiary/aromatic N) is 4. The molecule has 144 valence electrons. The van der Waals surface area contributed by atoms with Gasteiger partial charge in [-0.25, -0.2) is 4.68 Å². The smallest absolute Gasteiger partial charge is 0.276 e. The lowest BCUT2D eigenvalue weighted by Gasteiger charge is -2.31. The van der Waals surface area contributed by atoms with E-state index in [4.69, 9.17) is 11.6 Å². The van der Waals surface area contributed by atoms with Crippen molar-refractivity contribution in [3.63, 3.8) is 0 Å². The minimum atomic E-state index is -0.156. The molecule has 0 bridgehead atoms. The van der Waals surface area contributed by atoms with Crippen molar-refractivity contribution < 1.29 is 9.59 Å². The summed E-state index contributed by atoms with van der Waals surface area (Å²) in [6, 6.07) is 10.9. The van der Waals surface area contributed by atoms with Crippen LogP contribution in [0, 0.1) is 0 Å². The van der Waals surface area contributed by atoms with Gasteiger partial charge in [0.15, 0.2) is 5.69 Å². The molecule has 4 rings (SSSR count). The number of hydrogen-bond acceptors (Lipinski definition) is 5. The summed E-state index contributed by atoms with van der Waals surface area (Å²) in [5, 5.41) is 13.6. The number of carbonyl (C=O) groups excluding carboxylic acids is 2. The lowest BCUT2D eigenvalue weighted by atomic mass is 10.0. The topological polar surface area (TPSA) is 80.1 Å². The maximum absolute atomic E-state index is 12.7. The highest BCUT2D eigenvalue weighted by Gasteiger charge is 2.26. The molecule has 0 radical (unpaired) electrons. The summed E-state index contributed by atoms with van der Waals surface area (Å²) in [4.78, 5) is 27.3. The second-order valence-corrected chi connectivity index (χ2v) is 7.93. The van der Waals surface area contributed by atoms with E-state index in [2.05, 4.69) is 15.6 Å². The van der Waals surface area contributed by atoms with Crippen molar-refractivity contribution in [3.05, 3.63) is 63.6 Å². The number of likely N-dealkylation sites (tertiary alicyclic amines) is 1. The number of carbonyl (C=O) groups is 2. The standard InChI is InChI=1S/C19H18ClN5O2S/c20-13-3-1-4-15(11-13)25-12-16(22-23-25)19(27)24-8-6-14(7-9-24)21-18(26)17-5-2-10-28-17/h1-5,10-12,14H,6-9H2,(H,21,26). The molecule has 0 atom stereocenters. The first kappa shape index (κ1) is 18.6. The Hall–Kier alpha value is -2.71. The van der Waals surface area contributed by atoms with Crippen LogP contribution in [-0.4, -0.2) is 50.8 Å². The van der Waals surface area contributed by atoms with Gasteiger partial charge in [0.05, 0.1) is 16.8 Å². The third kappa shape index (κ3) is 4.07. The summed E-state index contributed by atoms with van der Waals surface area (Å²) in [6.45, 7) is 1.14. The summed E-state index contributed by atoms with van der Waals surface area (Å²) in [5.41, 5.74) is 1.04. The Morgan fingerprint density at radius 2 is 2.00 bits per heavy atom. The molecule has 1 fully saturated rings. The predicted octanol–water partition coefficient (Wildman–Crippen LogP) is 3.02. The average Bonchev–Trinajstić information content (AvgIpc) is 3.40. The fourth-order valence-electron chi connectivity index (χ4n) is 3.16. The van der Waals surface area contributed by atoms with E-state index in [1.807, 2.05) is 29.6 Å². The molecule has 9 heteroatoms. The van der Waals surface area contributed by atoms with Gasteiger partial charge in [-0.1, -0.05) is 28.9 Å². The molecule has 0 spiro atoms. The van der Waals surface area contributed by atoms with Gasteiger partial charge in [-0.2, -0.15) is 0 Å². The molecule has 2 aromatic heterocycles. The summed E-state index contributed by atoms with van der Waals surface area (Å²) in [7, 11) is 0. The van der Waals surface area contributed by atoms with E-state index in [0.29, 0.717) is 41.5 Å². The Labute approximate surface area is 170 Å². The van der Waals surface area contributed by atoms with Crippen molar-refractivity contribution in [2.24, 2.45) is 0 Å². The Bertz CT molecular complexity index is 980. The van der Waals surface area contributed by atoms with Gasteiger partial charge < -0.3 is 10.2 Å². The van der Waals surface area contributed by atoms with Gasteiger partial charge in [0.25, 0.3) is 11.8 Å². The molecule has 1 N–H and O–H groups in total. The monoisotopic (exact) mass is 415 g/mol. The van der Waals surface area contributed by atoms with Crippen LogP contribution in [0.25, 0.3) is 5.69 Å². The fourth-order valence-corrected chi connectivity index (χ4v) is 3.97. The molecule has 1 saturated heterocycles. The number of benzene rings is 1. The number of nitrogens with one attached hydrogen (secondary N) is 1. The van der Waals surface area contributed by atoms with E-state index < -0.39 is 0 Å². The number of hydrogen-bond donors (Lipinski definition) is 1. The normalized spacial score (nSPS) is 14.8. The Morgan fingerprint density at radius 3 is 2.71 bits per heavy atom. The van der Waals surface area contributed by atoms with Gasteiger partial charge in [0.1, 0.15) is 0 Å². The molecule has 28 heavy (non-hydrogen) atoms. The molecule has 1 aliphatic rings. The maximum atomic E-state index is 12.7. The van der Waals surface area contributed by atoms with Crippen molar-refractivity contribution in [1.29, 1.82) is 0 Å². The molecule has 3 heterocycles. The average molecular weight is 416 g/mol. The first-order valence-corrected chi connectivity index (χ1v) is 10.2. The number of halogens is 1. The minimum Gasteiger partial charge on any atom is -0.348 e. The molecule has 3 aromatic rings. The van der Waals surface area contributed by atoms with Gasteiger partial charge in [0.2, 0.25) is 0 Å². The van der Waals surface area contributed by atoms with Gasteiger partial charge in [-0.15, -0.1) is 16.4 Å². The van der Waals surface area contributed by atoms with Gasteiger partial charge in [-0.05, 0) is 42.5 Å². The summed E-state index contributed by atoms with van der Waals surface area (Å²) >= 11 is 7.42. The highest BCUT2D eigenvalue weighted by molar-refractivity contribution is 7.12. The van der Waals surface area contributed by atoms with E-state index >= 15 is 0 Å². The van der Waals surface area contributed by atoms with Gasteiger partial charge in [0, 0.05) is 24.2 Å². The molecule has 0 unspecified atom stereocenters. The zero-order valence-electron chi connectivity index (χ0n) is 14.9. The van der Waals surface area contributed by atoms with Crippen LogP contribution in [0.15, 0.2) is 48.0 Å². The van der Waals surface area contributed by atoms with E-state index in [1.54, 1.807) is 23.2 Å². The minimum absolute atomic E-state index is 0.0516. The largest absolute Gasteiger partial charge is 0.348 e. The van der Waals surface area contributed by atoms with Crippen molar-refractivity contribution in [3.8, 4) is 5.69 Å². The number of amides is 2. The molecule has 2 amide bonds. The van der Waals surface area contributed by atoms with E-state index in [9.17, 15) is 9.59 Å². The Kier molecular flexibility index (Phi) is 5.40. The third-order valence-corrected chi connectivity index (χ3v) is 5.75. The van der Waals surface area contributed by atoms with Crippen LogP contribution in [0.5, 0.6) is 0 Å². The number of piperidine rings is 1. The second kappa shape index (κ2) is 8.12. The first-order valence-electron chi connectivity index (χ1n) is 8.92. The number of rotatable bonds is 4. The Balaban J connectivity index is 1.35. The lowest BCUT2D eigenvalue weighted by molar-refractivity contribution is 0.0692. The van der Waals surface area contributed by atoms with Crippen LogP contribution in [0.4, 0.5) is 0 Å². The fraction of sp³-hybridized carbons (Fsp3) is 0.263. The van der Waals surface area contributed by atoms with E-state index in [0.717, 1.165) is 5.69 Å². The molecule has 0 saturated carbocycles. The quantitative estimate of drug-likeness (QED) is 0.710. The predicted molar refractivity (Wildman–Crippen MR) is 107 cm³/mol. The summed E-state index contributed by atoms with van der Waals surface area (Å²) < 4.78 is 1.53. The first-order chi connectivity index (χ1) is 13.6. The van der Waals surface area contributed by atoms with Crippen LogP contribution in [0.3, 0.4) is 0 Å². The SMILES string of the molecule is O=C(NC1CCN(C(=O)c2cn(-c3cccc(Cl)c3)nn2)CC1)c1cccs1. The third-order valence-electron chi connectivity index (χ3n) is 4.65. The van der Waals surface area contributed by atoms with Gasteiger partial charge >= 0.3 is 0 Å². The van der Waals surface area contributed by atoms with Crippen LogP contribution in [-0.2, 0) is 0 Å². The van der Waals surface area contributed by atoms with Crippen molar-refractivity contribution in [2.45, 2.75) is 18.9 Å². The van der Waals surface area contributed by atoms with Crippen molar-refractivity contribution in [1.82, 2.24) is 25.2 Å². The van der Waals surface area contributed by atoms with Crippen LogP contribution < -0.4 is 5.32 Å². The maximum Gasteiger partial charge on any atom is 0.276 e. The highest BCUT2D eigenvalue weighted by atomic mass is 35.5. The van der Waals surface area contributed by atoms with E-state index in [-0.39, 0.29) is 17.9 Å². The molecule has 1 aliphatic heterocycles. The summed E-state index contributed by atoms with van der Waals surface area (Å²) in [6.07, 6.45) is 3.04. The molecule has 7 nitrogen and oxygen atoms in total. The highest BCUT2D eigenvalue weighted by Crippen LogP contribution is 2.17. The zero-order valence-corrected chi connectivity index (χ0v) is 16.5. The van der Waals surface area contributed by atoms with E-state index in [1.165, 1.54) is 16.0 Å². The molecular weight excluding hydrogens is 398 g/mol. The molecular formula is C19H18ClN5O2S. The zero-order chi connectivity index (χ0) is 19.5. The van der Waals surface area contributed by atoms with Crippen molar-refractivity contribution >= 4 is 34.8 Å². The van der Waals surface area contributed by atoms with Gasteiger partial charge in [-0.3, -0.25) is 9.59 Å². The van der Waals surface area contributed by atoms with Crippen LogP contribution >= 0.6 is 22.9 Å². The number of thiophene rings is 1. The van der Waals surface area contributed by atoms with Crippen LogP contribution in [0.2, 0.25) is 5.02 Å². The molecule has 0 aliphatic carbocycles. The number of aromatic nitrogens is 3. The van der Waals surface area contributed by atoms with Crippen LogP contribution in [0.1, 0.15) is 33.0 Å². The molecule has 1 aromatic carbocycles. The van der Waals surface area contributed by atoms with Crippen molar-refractivity contribution in [2.75, 3.05) is 13.1 Å². The lowest BCUT2D eigenvalue weighted by Crippen LogP contribution is -2.46. The summed E-state index contributed by atoms with van der Waals surface area (Å²) in [5.74, 6) is -0.208.